The van der Waals surface area contributed by atoms with Gasteiger partial charge in [0, 0.05) is 6.04 Å². The van der Waals surface area contributed by atoms with Gasteiger partial charge < -0.3 is 5.73 Å². The smallest absolute Gasteiger partial charge is 0.00794 e. The Kier molecular flexibility index (Phi) is 6.95. The molecule has 1 rings (SSSR count). The summed E-state index contributed by atoms with van der Waals surface area (Å²) in [5.74, 6) is 0. The third-order valence-corrected chi connectivity index (χ3v) is 3.42. The Morgan fingerprint density at radius 3 is 2.47 bits per heavy atom. The number of hydrogen-bond donors (Lipinski definition) is 1. The lowest BCUT2D eigenvalue weighted by Gasteiger charge is -2.13. The maximum atomic E-state index is 6.19. The number of hydrogen-bond acceptors (Lipinski definition) is 1. The van der Waals surface area contributed by atoms with E-state index < -0.39 is 0 Å². The molecule has 0 aromatic heterocycles. The molecular formula is C16H27N. The van der Waals surface area contributed by atoms with Gasteiger partial charge in [-0.05, 0) is 30.9 Å². The minimum Gasteiger partial charge on any atom is -0.327 e. The number of unbranched alkanes of at least 4 members (excludes halogenated alkanes) is 4. The molecule has 0 aliphatic rings. The normalized spacial score (nSPS) is 12.6. The molecule has 0 heterocycles. The van der Waals surface area contributed by atoms with Crippen molar-refractivity contribution >= 4 is 0 Å². The number of nitrogens with two attached hydrogens (primary N) is 1. The lowest BCUT2D eigenvalue weighted by Crippen LogP contribution is -2.23. The average molecular weight is 233 g/mol. The van der Waals surface area contributed by atoms with Crippen LogP contribution in [0.4, 0.5) is 0 Å². The van der Waals surface area contributed by atoms with Crippen LogP contribution in [0.25, 0.3) is 0 Å². The van der Waals surface area contributed by atoms with Crippen molar-refractivity contribution < 1.29 is 0 Å². The third-order valence-electron chi connectivity index (χ3n) is 3.42. The van der Waals surface area contributed by atoms with E-state index in [0.29, 0.717) is 6.04 Å². The summed E-state index contributed by atoms with van der Waals surface area (Å²) in [4.78, 5) is 0. The van der Waals surface area contributed by atoms with Gasteiger partial charge in [-0.3, -0.25) is 0 Å². The van der Waals surface area contributed by atoms with Crippen LogP contribution in [0, 0.1) is 6.92 Å². The molecule has 0 saturated heterocycles. The Balaban J connectivity index is 2.21. The van der Waals surface area contributed by atoms with Crippen LogP contribution in [0.15, 0.2) is 24.3 Å². The number of rotatable bonds is 8. The lowest BCUT2D eigenvalue weighted by atomic mass is 9.98. The fraction of sp³-hybridized carbons (Fsp3) is 0.625. The first kappa shape index (κ1) is 14.2. The molecule has 96 valence electrons. The Bertz CT molecular complexity index is 306. The summed E-state index contributed by atoms with van der Waals surface area (Å²) in [7, 11) is 0. The van der Waals surface area contributed by atoms with Crippen LogP contribution in [0.3, 0.4) is 0 Å². The summed E-state index contributed by atoms with van der Waals surface area (Å²) in [6.07, 6.45) is 8.87. The molecule has 0 saturated carbocycles. The molecule has 0 aliphatic carbocycles. The molecule has 17 heavy (non-hydrogen) atoms. The van der Waals surface area contributed by atoms with Crippen LogP contribution in [-0.2, 0) is 6.42 Å². The first-order chi connectivity index (χ1) is 8.24. The molecule has 1 aromatic carbocycles. The second kappa shape index (κ2) is 8.30. The van der Waals surface area contributed by atoms with Crippen molar-refractivity contribution in [3.8, 4) is 0 Å². The van der Waals surface area contributed by atoms with Gasteiger partial charge in [-0.2, -0.15) is 0 Å². The van der Waals surface area contributed by atoms with E-state index in [-0.39, 0.29) is 0 Å². The van der Waals surface area contributed by atoms with E-state index in [0.717, 1.165) is 12.8 Å². The Morgan fingerprint density at radius 1 is 1.06 bits per heavy atom. The molecule has 1 nitrogen and oxygen atoms in total. The highest BCUT2D eigenvalue weighted by molar-refractivity contribution is 5.26. The Morgan fingerprint density at radius 2 is 1.76 bits per heavy atom. The average Bonchev–Trinajstić information content (AvgIpc) is 2.32. The molecule has 0 aliphatic heterocycles. The van der Waals surface area contributed by atoms with Crippen LogP contribution in [0.1, 0.15) is 56.6 Å². The molecule has 0 bridgehead atoms. The summed E-state index contributed by atoms with van der Waals surface area (Å²) in [5, 5.41) is 0. The Labute approximate surface area is 106 Å². The van der Waals surface area contributed by atoms with Gasteiger partial charge in [-0.25, -0.2) is 0 Å². The van der Waals surface area contributed by atoms with Gasteiger partial charge in [-0.1, -0.05) is 63.3 Å². The molecule has 1 unspecified atom stereocenters. The maximum absolute atomic E-state index is 6.19. The van der Waals surface area contributed by atoms with E-state index in [1.54, 1.807) is 0 Å². The third kappa shape index (κ3) is 5.88. The second-order valence-electron chi connectivity index (χ2n) is 5.09. The highest BCUT2D eigenvalue weighted by Gasteiger charge is 2.05. The molecule has 0 amide bonds. The Hall–Kier alpha value is -0.820. The van der Waals surface area contributed by atoms with Gasteiger partial charge >= 0.3 is 0 Å². The van der Waals surface area contributed by atoms with Gasteiger partial charge in [0.15, 0.2) is 0 Å². The zero-order valence-electron chi connectivity index (χ0n) is 11.4. The highest BCUT2D eigenvalue weighted by atomic mass is 14.6. The first-order valence-corrected chi connectivity index (χ1v) is 7.04. The van der Waals surface area contributed by atoms with Crippen molar-refractivity contribution in [2.45, 2.75) is 64.8 Å². The molecule has 1 heteroatoms. The van der Waals surface area contributed by atoms with Crippen LogP contribution in [0.5, 0.6) is 0 Å². The molecule has 2 N–H and O–H groups in total. The molecule has 0 fully saturated rings. The van der Waals surface area contributed by atoms with Crippen molar-refractivity contribution in [1.82, 2.24) is 0 Å². The number of benzene rings is 1. The largest absolute Gasteiger partial charge is 0.327 e. The molecule has 1 aromatic rings. The predicted molar refractivity (Wildman–Crippen MR) is 76.2 cm³/mol. The quantitative estimate of drug-likeness (QED) is 0.668. The molecule has 0 spiro atoms. The second-order valence-corrected chi connectivity index (χ2v) is 5.09. The van der Waals surface area contributed by atoms with Gasteiger partial charge in [0.25, 0.3) is 0 Å². The lowest BCUT2D eigenvalue weighted by molar-refractivity contribution is 0.537. The fourth-order valence-electron chi connectivity index (χ4n) is 2.23. The standard InChI is InChI=1S/C16H27N/c1-3-4-5-6-7-12-16(17)13-15-11-9-8-10-14(15)2/h8-11,16H,3-7,12-13,17H2,1-2H3. The summed E-state index contributed by atoms with van der Waals surface area (Å²) >= 11 is 0. The van der Waals surface area contributed by atoms with E-state index in [1.807, 2.05) is 0 Å². The first-order valence-electron chi connectivity index (χ1n) is 7.04. The fourth-order valence-corrected chi connectivity index (χ4v) is 2.23. The zero-order valence-corrected chi connectivity index (χ0v) is 11.4. The van der Waals surface area contributed by atoms with E-state index >= 15 is 0 Å². The molecule has 1 atom stereocenters. The van der Waals surface area contributed by atoms with Crippen LogP contribution < -0.4 is 5.73 Å². The van der Waals surface area contributed by atoms with E-state index in [2.05, 4.69) is 38.1 Å². The summed E-state index contributed by atoms with van der Waals surface area (Å²) in [6.45, 7) is 4.42. The highest BCUT2D eigenvalue weighted by Crippen LogP contribution is 2.13. The van der Waals surface area contributed by atoms with E-state index in [9.17, 15) is 0 Å². The number of aryl methyl sites for hydroxylation is 1. The zero-order chi connectivity index (χ0) is 12.5. The van der Waals surface area contributed by atoms with Gasteiger partial charge in [0.05, 0.1) is 0 Å². The summed E-state index contributed by atoms with van der Waals surface area (Å²) in [5.41, 5.74) is 8.97. The van der Waals surface area contributed by atoms with Crippen molar-refractivity contribution in [2.24, 2.45) is 5.73 Å². The van der Waals surface area contributed by atoms with Crippen LogP contribution >= 0.6 is 0 Å². The van der Waals surface area contributed by atoms with Crippen molar-refractivity contribution in [3.63, 3.8) is 0 Å². The minimum atomic E-state index is 0.331. The topological polar surface area (TPSA) is 26.0 Å². The monoisotopic (exact) mass is 233 g/mol. The molecular weight excluding hydrogens is 206 g/mol. The van der Waals surface area contributed by atoms with Crippen molar-refractivity contribution in [2.75, 3.05) is 0 Å². The minimum absolute atomic E-state index is 0.331. The van der Waals surface area contributed by atoms with Crippen LogP contribution in [0.2, 0.25) is 0 Å². The van der Waals surface area contributed by atoms with Gasteiger partial charge in [-0.15, -0.1) is 0 Å². The van der Waals surface area contributed by atoms with Gasteiger partial charge in [0.1, 0.15) is 0 Å². The van der Waals surface area contributed by atoms with Gasteiger partial charge in [0.2, 0.25) is 0 Å². The SMILES string of the molecule is CCCCCCCC(N)Cc1ccccc1C. The maximum Gasteiger partial charge on any atom is 0.00794 e. The predicted octanol–water partition coefficient (Wildman–Crippen LogP) is 4.23. The van der Waals surface area contributed by atoms with E-state index in [1.165, 1.54) is 43.2 Å². The van der Waals surface area contributed by atoms with Crippen molar-refractivity contribution in [3.05, 3.63) is 35.4 Å². The van der Waals surface area contributed by atoms with Crippen molar-refractivity contribution in [1.29, 1.82) is 0 Å². The van der Waals surface area contributed by atoms with Crippen LogP contribution in [-0.4, -0.2) is 6.04 Å². The molecule has 0 radical (unpaired) electrons. The summed E-state index contributed by atoms with van der Waals surface area (Å²) < 4.78 is 0. The summed E-state index contributed by atoms with van der Waals surface area (Å²) in [6, 6.07) is 8.90. The van der Waals surface area contributed by atoms with E-state index in [4.69, 9.17) is 5.73 Å².